The van der Waals surface area contributed by atoms with E-state index in [0.29, 0.717) is 5.69 Å². The molecule has 1 aromatic rings. The zero-order chi connectivity index (χ0) is 10.6. The number of carbonyl (C=O) groups is 1. The highest BCUT2D eigenvalue weighted by atomic mass is 16.4. The van der Waals surface area contributed by atoms with Gasteiger partial charge in [0.15, 0.2) is 6.10 Å². The van der Waals surface area contributed by atoms with Gasteiger partial charge in [0.2, 0.25) is 0 Å². The quantitative estimate of drug-likeness (QED) is 0.739. The van der Waals surface area contributed by atoms with Crippen LogP contribution in [0, 0.1) is 0 Å². The van der Waals surface area contributed by atoms with Crippen molar-refractivity contribution in [3.05, 3.63) is 29.6 Å². The number of aliphatic hydroxyl groups is 1. The van der Waals surface area contributed by atoms with Gasteiger partial charge in [-0.25, -0.2) is 4.79 Å². The van der Waals surface area contributed by atoms with E-state index in [1.165, 1.54) is 0 Å². The normalized spacial score (nSPS) is 12.4. The van der Waals surface area contributed by atoms with Gasteiger partial charge in [0, 0.05) is 18.3 Å². The Hall–Kier alpha value is -1.42. The number of hydrogen-bond donors (Lipinski definition) is 2. The molecule has 0 aliphatic rings. The third-order valence-corrected chi connectivity index (χ3v) is 1.98. The molecule has 0 aromatic carbocycles. The molecule has 0 aliphatic heterocycles. The maximum Gasteiger partial charge on any atom is 0.332 e. The van der Waals surface area contributed by atoms with E-state index < -0.39 is 12.1 Å². The second-order valence-corrected chi connectivity index (χ2v) is 3.07. The summed E-state index contributed by atoms with van der Waals surface area (Å²) >= 11 is 0. The average Bonchev–Trinajstić information content (AvgIpc) is 2.19. The zero-order valence-corrected chi connectivity index (χ0v) is 7.97. The smallest absolute Gasteiger partial charge is 0.332 e. The first-order valence-electron chi connectivity index (χ1n) is 4.48. The van der Waals surface area contributed by atoms with E-state index in [4.69, 9.17) is 10.2 Å². The number of aliphatic hydroxyl groups excluding tert-OH is 1. The van der Waals surface area contributed by atoms with Gasteiger partial charge in [0.25, 0.3) is 0 Å². The van der Waals surface area contributed by atoms with E-state index in [2.05, 4.69) is 4.98 Å². The largest absolute Gasteiger partial charge is 0.479 e. The van der Waals surface area contributed by atoms with Crippen molar-refractivity contribution in [2.75, 3.05) is 0 Å². The van der Waals surface area contributed by atoms with Crippen LogP contribution in [-0.4, -0.2) is 27.3 Å². The van der Waals surface area contributed by atoms with Crippen LogP contribution in [0.4, 0.5) is 0 Å². The summed E-state index contributed by atoms with van der Waals surface area (Å²) in [4.78, 5) is 14.4. The first-order valence-corrected chi connectivity index (χ1v) is 4.48. The van der Waals surface area contributed by atoms with Gasteiger partial charge in [0.1, 0.15) is 0 Å². The summed E-state index contributed by atoms with van der Waals surface area (Å²) in [6.45, 7) is 2.02. The molecule has 0 bridgehead atoms. The standard InChI is InChI=1S/C10H13NO3/c1-2-7-3-4-8(11-6-7)5-9(12)10(13)14/h3-4,6,9,12H,2,5H2,1H3,(H,13,14). The van der Waals surface area contributed by atoms with E-state index in [0.717, 1.165) is 12.0 Å². The number of aromatic nitrogens is 1. The van der Waals surface area contributed by atoms with Crippen LogP contribution in [0.2, 0.25) is 0 Å². The molecule has 1 rings (SSSR count). The summed E-state index contributed by atoms with van der Waals surface area (Å²) in [5, 5.41) is 17.5. The highest BCUT2D eigenvalue weighted by Crippen LogP contribution is 2.03. The maximum atomic E-state index is 10.3. The molecule has 1 unspecified atom stereocenters. The molecule has 14 heavy (non-hydrogen) atoms. The molecule has 0 fully saturated rings. The molecule has 76 valence electrons. The van der Waals surface area contributed by atoms with Gasteiger partial charge < -0.3 is 10.2 Å². The maximum absolute atomic E-state index is 10.3. The number of nitrogens with zero attached hydrogens (tertiary/aromatic N) is 1. The fourth-order valence-corrected chi connectivity index (χ4v) is 1.07. The highest BCUT2D eigenvalue weighted by Gasteiger charge is 2.13. The molecular weight excluding hydrogens is 182 g/mol. The minimum absolute atomic E-state index is 0.0549. The summed E-state index contributed by atoms with van der Waals surface area (Å²) in [5.41, 5.74) is 1.69. The molecule has 4 heteroatoms. The fraction of sp³-hybridized carbons (Fsp3) is 0.400. The Labute approximate surface area is 82.2 Å². The summed E-state index contributed by atoms with van der Waals surface area (Å²) in [7, 11) is 0. The van der Waals surface area contributed by atoms with Gasteiger partial charge in [-0.05, 0) is 18.1 Å². The SMILES string of the molecule is CCc1ccc(CC(O)C(=O)O)nc1. The minimum Gasteiger partial charge on any atom is -0.479 e. The Bertz CT molecular complexity index is 308. The zero-order valence-electron chi connectivity index (χ0n) is 7.97. The predicted molar refractivity (Wildman–Crippen MR) is 51.0 cm³/mol. The van der Waals surface area contributed by atoms with E-state index in [9.17, 15) is 4.79 Å². The summed E-state index contributed by atoms with van der Waals surface area (Å²) < 4.78 is 0. The van der Waals surface area contributed by atoms with Crippen molar-refractivity contribution in [1.82, 2.24) is 4.98 Å². The fourth-order valence-electron chi connectivity index (χ4n) is 1.07. The molecule has 0 radical (unpaired) electrons. The number of carboxylic acids is 1. The molecule has 2 N–H and O–H groups in total. The number of aryl methyl sites for hydroxylation is 1. The molecule has 0 amide bonds. The molecule has 1 heterocycles. The lowest BCUT2D eigenvalue weighted by molar-refractivity contribution is -0.146. The van der Waals surface area contributed by atoms with Crippen molar-refractivity contribution in [3.63, 3.8) is 0 Å². The van der Waals surface area contributed by atoms with Crippen molar-refractivity contribution in [2.24, 2.45) is 0 Å². The van der Waals surface area contributed by atoms with Crippen molar-refractivity contribution in [2.45, 2.75) is 25.9 Å². The van der Waals surface area contributed by atoms with Crippen LogP contribution >= 0.6 is 0 Å². The lowest BCUT2D eigenvalue weighted by Gasteiger charge is -2.04. The van der Waals surface area contributed by atoms with Crippen molar-refractivity contribution < 1.29 is 15.0 Å². The third kappa shape index (κ3) is 2.81. The predicted octanol–water partition coefficient (Wildman–Crippen LogP) is 0.632. The second-order valence-electron chi connectivity index (χ2n) is 3.07. The van der Waals surface area contributed by atoms with Crippen LogP contribution in [0.1, 0.15) is 18.2 Å². The van der Waals surface area contributed by atoms with Gasteiger partial charge in [-0.15, -0.1) is 0 Å². The van der Waals surface area contributed by atoms with E-state index in [1.54, 1.807) is 12.3 Å². The number of rotatable bonds is 4. The molecule has 4 nitrogen and oxygen atoms in total. The number of hydrogen-bond acceptors (Lipinski definition) is 3. The average molecular weight is 195 g/mol. The van der Waals surface area contributed by atoms with Crippen molar-refractivity contribution in [3.8, 4) is 0 Å². The summed E-state index contributed by atoms with van der Waals surface area (Å²) in [6.07, 6.45) is 1.29. The molecule has 0 spiro atoms. The van der Waals surface area contributed by atoms with Gasteiger partial charge in [-0.2, -0.15) is 0 Å². The summed E-state index contributed by atoms with van der Waals surface area (Å²) in [5.74, 6) is -1.22. The van der Waals surface area contributed by atoms with Gasteiger partial charge in [-0.3, -0.25) is 4.98 Å². The highest BCUT2D eigenvalue weighted by molar-refractivity contribution is 5.72. The number of carboxylic acid groups (broad SMARTS) is 1. The molecule has 1 atom stereocenters. The minimum atomic E-state index is -1.37. The van der Waals surface area contributed by atoms with E-state index >= 15 is 0 Å². The Morgan fingerprint density at radius 3 is 2.71 bits per heavy atom. The Kier molecular flexibility index (Phi) is 3.59. The number of pyridine rings is 1. The third-order valence-electron chi connectivity index (χ3n) is 1.98. The first-order chi connectivity index (χ1) is 6.63. The van der Waals surface area contributed by atoms with Crippen LogP contribution in [0.25, 0.3) is 0 Å². The van der Waals surface area contributed by atoms with Gasteiger partial charge >= 0.3 is 5.97 Å². The van der Waals surface area contributed by atoms with Crippen LogP contribution < -0.4 is 0 Å². The molecular formula is C10H13NO3. The molecule has 0 saturated carbocycles. The molecule has 0 aliphatic carbocycles. The van der Waals surface area contributed by atoms with Gasteiger partial charge in [0.05, 0.1) is 0 Å². The Morgan fingerprint density at radius 1 is 1.57 bits per heavy atom. The first kappa shape index (κ1) is 10.7. The Balaban J connectivity index is 2.64. The van der Waals surface area contributed by atoms with Gasteiger partial charge in [-0.1, -0.05) is 13.0 Å². The van der Waals surface area contributed by atoms with E-state index in [1.807, 2.05) is 13.0 Å². The topological polar surface area (TPSA) is 70.4 Å². The molecule has 0 saturated heterocycles. The lowest BCUT2D eigenvalue weighted by atomic mass is 10.1. The van der Waals surface area contributed by atoms with Crippen LogP contribution in [0.5, 0.6) is 0 Å². The monoisotopic (exact) mass is 195 g/mol. The lowest BCUT2D eigenvalue weighted by Crippen LogP contribution is -2.22. The van der Waals surface area contributed by atoms with Crippen LogP contribution in [0.15, 0.2) is 18.3 Å². The molecule has 1 aromatic heterocycles. The summed E-state index contributed by atoms with van der Waals surface area (Å²) in [6, 6.07) is 3.63. The van der Waals surface area contributed by atoms with Crippen LogP contribution in [0.3, 0.4) is 0 Å². The van der Waals surface area contributed by atoms with E-state index in [-0.39, 0.29) is 6.42 Å². The number of aliphatic carboxylic acids is 1. The Morgan fingerprint density at radius 2 is 2.29 bits per heavy atom. The van der Waals surface area contributed by atoms with Crippen molar-refractivity contribution in [1.29, 1.82) is 0 Å². The second kappa shape index (κ2) is 4.72. The van der Waals surface area contributed by atoms with Crippen LogP contribution in [-0.2, 0) is 17.6 Å². The van der Waals surface area contributed by atoms with Crippen molar-refractivity contribution >= 4 is 5.97 Å².